The number of thiophene rings is 1. The second-order valence-corrected chi connectivity index (χ2v) is 8.49. The number of carbonyl (C=O) groups excluding carboxylic acids is 1. The molecule has 3 rings (SSSR count). The van der Waals surface area contributed by atoms with E-state index in [1.54, 1.807) is 0 Å². The van der Waals surface area contributed by atoms with Crippen LogP contribution in [-0.4, -0.2) is 47.9 Å². The van der Waals surface area contributed by atoms with Crippen molar-refractivity contribution in [1.29, 1.82) is 0 Å². The van der Waals surface area contributed by atoms with Crippen LogP contribution in [-0.2, 0) is 11.3 Å². The van der Waals surface area contributed by atoms with Gasteiger partial charge < -0.3 is 5.32 Å². The van der Waals surface area contributed by atoms with Gasteiger partial charge in [0.2, 0.25) is 5.91 Å². The van der Waals surface area contributed by atoms with E-state index in [-0.39, 0.29) is 11.9 Å². The highest BCUT2D eigenvalue weighted by Crippen LogP contribution is 2.26. The Morgan fingerprint density at radius 2 is 1.85 bits per heavy atom. The van der Waals surface area contributed by atoms with Crippen molar-refractivity contribution in [3.63, 3.8) is 0 Å². The molecule has 1 fully saturated rings. The van der Waals surface area contributed by atoms with Crippen LogP contribution in [0.5, 0.6) is 0 Å². The third-order valence-corrected chi connectivity index (χ3v) is 6.52. The minimum atomic E-state index is -0.112. The molecule has 146 valence electrons. The van der Waals surface area contributed by atoms with E-state index in [0.29, 0.717) is 5.92 Å². The van der Waals surface area contributed by atoms with Gasteiger partial charge in [0, 0.05) is 43.3 Å². The van der Waals surface area contributed by atoms with Crippen molar-refractivity contribution in [3.05, 3.63) is 52.2 Å². The van der Waals surface area contributed by atoms with Crippen molar-refractivity contribution < 1.29 is 4.79 Å². The molecule has 2 aromatic rings. The first-order valence-electron chi connectivity index (χ1n) is 9.97. The quantitative estimate of drug-likeness (QED) is 0.767. The molecule has 27 heavy (non-hydrogen) atoms. The van der Waals surface area contributed by atoms with Gasteiger partial charge in [-0.05, 0) is 42.3 Å². The molecule has 2 unspecified atom stereocenters. The van der Waals surface area contributed by atoms with Crippen molar-refractivity contribution in [1.82, 2.24) is 9.80 Å². The Kier molecular flexibility index (Phi) is 7.05. The van der Waals surface area contributed by atoms with Crippen molar-refractivity contribution in [2.24, 2.45) is 0 Å². The van der Waals surface area contributed by atoms with Crippen molar-refractivity contribution in [2.45, 2.75) is 45.7 Å². The highest BCUT2D eigenvalue weighted by Gasteiger charge is 2.26. The second kappa shape index (κ2) is 9.49. The van der Waals surface area contributed by atoms with Crippen molar-refractivity contribution >= 4 is 22.9 Å². The molecule has 1 aliphatic rings. The number of rotatable bonds is 7. The summed E-state index contributed by atoms with van der Waals surface area (Å²) in [6, 6.07) is 12.4. The fourth-order valence-corrected chi connectivity index (χ4v) is 4.34. The molecule has 0 saturated carbocycles. The van der Waals surface area contributed by atoms with Crippen LogP contribution in [0.2, 0.25) is 0 Å². The van der Waals surface area contributed by atoms with Gasteiger partial charge in [-0.3, -0.25) is 14.6 Å². The van der Waals surface area contributed by atoms with Gasteiger partial charge in [-0.2, -0.15) is 0 Å². The van der Waals surface area contributed by atoms with Gasteiger partial charge in [0.25, 0.3) is 0 Å². The smallest absolute Gasteiger partial charge is 0.241 e. The molecule has 1 aromatic carbocycles. The van der Waals surface area contributed by atoms with E-state index >= 15 is 0 Å². The fraction of sp³-hybridized carbons (Fsp3) is 0.500. The third-order valence-electron chi connectivity index (χ3n) is 5.66. The zero-order chi connectivity index (χ0) is 19.2. The van der Waals surface area contributed by atoms with Gasteiger partial charge in [0.1, 0.15) is 0 Å². The lowest BCUT2D eigenvalue weighted by Gasteiger charge is -2.37. The highest BCUT2D eigenvalue weighted by molar-refractivity contribution is 7.09. The standard InChI is InChI=1S/C22H31N3OS/c1-4-17(2)20-9-5-6-10-21(20)23-22(26)18(3)25-13-11-24(12-14-25)16-19-8-7-15-27-19/h5-10,15,17-18H,4,11-14,16H2,1-3H3,(H,23,26). The monoisotopic (exact) mass is 385 g/mol. The van der Waals surface area contributed by atoms with E-state index in [0.717, 1.165) is 44.8 Å². The number of hydrogen-bond acceptors (Lipinski definition) is 4. The maximum Gasteiger partial charge on any atom is 0.241 e. The Balaban J connectivity index is 1.54. The Morgan fingerprint density at radius 1 is 1.11 bits per heavy atom. The van der Waals surface area contributed by atoms with Crippen molar-refractivity contribution in [3.8, 4) is 0 Å². The Labute approximate surface area is 167 Å². The normalized spacial score (nSPS) is 18.2. The molecule has 5 heteroatoms. The third kappa shape index (κ3) is 5.18. The van der Waals surface area contributed by atoms with Gasteiger partial charge in [0.05, 0.1) is 6.04 Å². The molecule has 0 aliphatic carbocycles. The topological polar surface area (TPSA) is 35.6 Å². The lowest BCUT2D eigenvalue weighted by Crippen LogP contribution is -2.52. The summed E-state index contributed by atoms with van der Waals surface area (Å²) in [4.78, 5) is 19.0. The molecule has 2 heterocycles. The maximum atomic E-state index is 12.8. The molecule has 1 saturated heterocycles. The van der Waals surface area contributed by atoms with E-state index in [4.69, 9.17) is 0 Å². The Morgan fingerprint density at radius 3 is 2.52 bits per heavy atom. The number of amides is 1. The largest absolute Gasteiger partial charge is 0.324 e. The number of benzene rings is 1. The first-order valence-corrected chi connectivity index (χ1v) is 10.8. The summed E-state index contributed by atoms with van der Waals surface area (Å²) in [7, 11) is 0. The van der Waals surface area contributed by atoms with Gasteiger partial charge in [-0.1, -0.05) is 38.1 Å². The van der Waals surface area contributed by atoms with E-state index < -0.39 is 0 Å². The van der Waals surface area contributed by atoms with Crippen LogP contribution >= 0.6 is 11.3 Å². The number of hydrogen-bond donors (Lipinski definition) is 1. The number of piperazine rings is 1. The molecule has 1 amide bonds. The molecular formula is C22H31N3OS. The van der Waals surface area contributed by atoms with Crippen LogP contribution in [0, 0.1) is 0 Å². The summed E-state index contributed by atoms with van der Waals surface area (Å²) in [6.07, 6.45) is 1.06. The van der Waals surface area contributed by atoms with Crippen LogP contribution in [0.1, 0.15) is 43.6 Å². The van der Waals surface area contributed by atoms with Crippen LogP contribution in [0.15, 0.2) is 41.8 Å². The number of para-hydroxylation sites is 1. The number of anilines is 1. The van der Waals surface area contributed by atoms with E-state index in [9.17, 15) is 4.79 Å². The van der Waals surface area contributed by atoms with Crippen LogP contribution in [0.25, 0.3) is 0 Å². The molecule has 4 nitrogen and oxygen atoms in total. The molecule has 0 bridgehead atoms. The fourth-order valence-electron chi connectivity index (χ4n) is 3.60. The number of nitrogens with one attached hydrogen (secondary N) is 1. The average molecular weight is 386 g/mol. The summed E-state index contributed by atoms with van der Waals surface area (Å²) < 4.78 is 0. The Bertz CT molecular complexity index is 723. The summed E-state index contributed by atoms with van der Waals surface area (Å²) in [5.74, 6) is 0.537. The summed E-state index contributed by atoms with van der Waals surface area (Å²) >= 11 is 1.82. The SMILES string of the molecule is CCC(C)c1ccccc1NC(=O)C(C)N1CCN(Cc2cccs2)CC1. The second-order valence-electron chi connectivity index (χ2n) is 7.45. The molecule has 1 aliphatic heterocycles. The first-order chi connectivity index (χ1) is 13.1. The predicted octanol–water partition coefficient (Wildman–Crippen LogP) is 4.41. The van der Waals surface area contributed by atoms with E-state index in [1.165, 1.54) is 10.4 Å². The molecule has 2 atom stereocenters. The van der Waals surface area contributed by atoms with Gasteiger partial charge in [-0.15, -0.1) is 11.3 Å². The zero-order valence-corrected chi connectivity index (χ0v) is 17.5. The van der Waals surface area contributed by atoms with Crippen LogP contribution in [0.4, 0.5) is 5.69 Å². The molecule has 1 N–H and O–H groups in total. The van der Waals surface area contributed by atoms with Crippen molar-refractivity contribution in [2.75, 3.05) is 31.5 Å². The van der Waals surface area contributed by atoms with Crippen LogP contribution in [0.3, 0.4) is 0 Å². The van der Waals surface area contributed by atoms with E-state index in [1.807, 2.05) is 36.5 Å². The van der Waals surface area contributed by atoms with Gasteiger partial charge in [-0.25, -0.2) is 0 Å². The molecule has 1 aromatic heterocycles. The maximum absolute atomic E-state index is 12.8. The minimum absolute atomic E-state index is 0.0949. The highest BCUT2D eigenvalue weighted by atomic mass is 32.1. The Hall–Kier alpha value is -1.69. The molecule has 0 spiro atoms. The number of carbonyl (C=O) groups is 1. The van der Waals surface area contributed by atoms with Gasteiger partial charge >= 0.3 is 0 Å². The van der Waals surface area contributed by atoms with Gasteiger partial charge in [0.15, 0.2) is 0 Å². The predicted molar refractivity (Wildman–Crippen MR) is 114 cm³/mol. The first kappa shape index (κ1) is 20.1. The average Bonchev–Trinajstić information content (AvgIpc) is 3.21. The summed E-state index contributed by atoms with van der Waals surface area (Å²) in [5, 5.41) is 5.31. The zero-order valence-electron chi connectivity index (χ0n) is 16.6. The lowest BCUT2D eigenvalue weighted by atomic mass is 9.97. The molecule has 0 radical (unpaired) electrons. The van der Waals surface area contributed by atoms with Crippen LogP contribution < -0.4 is 5.32 Å². The summed E-state index contributed by atoms with van der Waals surface area (Å²) in [5.41, 5.74) is 2.18. The minimum Gasteiger partial charge on any atom is -0.324 e. The molecular weight excluding hydrogens is 354 g/mol. The van der Waals surface area contributed by atoms with E-state index in [2.05, 4.69) is 52.5 Å². The summed E-state index contributed by atoms with van der Waals surface area (Å²) in [6.45, 7) is 11.3. The number of nitrogens with zero attached hydrogens (tertiary/aromatic N) is 2. The lowest BCUT2D eigenvalue weighted by molar-refractivity contribution is -0.121.